The normalized spacial score (nSPS) is 15.4. The van der Waals surface area contributed by atoms with Crippen LogP contribution in [-0.2, 0) is 16.1 Å². The Labute approximate surface area is 100 Å². The molecular formula is C12H17NO2S. The fourth-order valence-electron chi connectivity index (χ4n) is 1.78. The van der Waals surface area contributed by atoms with Crippen molar-refractivity contribution in [2.45, 2.75) is 31.8 Å². The summed E-state index contributed by atoms with van der Waals surface area (Å²) in [5, 5.41) is 4.27. The maximum Gasteiger partial charge on any atom is 0.306 e. The lowest BCUT2D eigenvalue weighted by atomic mass is 10.3. The summed E-state index contributed by atoms with van der Waals surface area (Å²) in [4.78, 5) is 13.5. The first-order chi connectivity index (χ1) is 7.79. The van der Waals surface area contributed by atoms with Crippen LogP contribution in [0.25, 0.3) is 0 Å². The third-order valence-corrected chi connectivity index (χ3v) is 3.59. The number of ether oxygens (including phenoxy) is 1. The molecular weight excluding hydrogens is 222 g/mol. The molecule has 0 bridgehead atoms. The SMILES string of the molecule is COC(=O)CCN(Cc1ccsc1)C1CC1. The maximum absolute atomic E-state index is 11.1. The lowest BCUT2D eigenvalue weighted by Gasteiger charge is -2.20. The zero-order valence-corrected chi connectivity index (χ0v) is 10.3. The van der Waals surface area contributed by atoms with Gasteiger partial charge in [-0.25, -0.2) is 0 Å². The molecule has 88 valence electrons. The molecule has 3 nitrogen and oxygen atoms in total. The van der Waals surface area contributed by atoms with Crippen LogP contribution in [0.2, 0.25) is 0 Å². The van der Waals surface area contributed by atoms with Crippen molar-refractivity contribution in [3.8, 4) is 0 Å². The average Bonchev–Trinajstić information content (AvgIpc) is 3.02. The predicted molar refractivity (Wildman–Crippen MR) is 64.4 cm³/mol. The second kappa shape index (κ2) is 5.46. The van der Waals surface area contributed by atoms with Crippen molar-refractivity contribution in [3.63, 3.8) is 0 Å². The molecule has 1 fully saturated rings. The van der Waals surface area contributed by atoms with Crippen molar-refractivity contribution in [2.24, 2.45) is 0 Å². The van der Waals surface area contributed by atoms with Gasteiger partial charge in [0.1, 0.15) is 0 Å². The maximum atomic E-state index is 11.1. The van der Waals surface area contributed by atoms with E-state index < -0.39 is 0 Å². The molecule has 1 heterocycles. The van der Waals surface area contributed by atoms with Gasteiger partial charge < -0.3 is 4.74 Å². The van der Waals surface area contributed by atoms with Gasteiger partial charge in [0.15, 0.2) is 0 Å². The molecule has 0 N–H and O–H groups in total. The third-order valence-electron chi connectivity index (χ3n) is 2.86. The topological polar surface area (TPSA) is 29.5 Å². The molecule has 4 heteroatoms. The van der Waals surface area contributed by atoms with E-state index in [1.54, 1.807) is 11.3 Å². The molecule has 16 heavy (non-hydrogen) atoms. The quantitative estimate of drug-likeness (QED) is 0.713. The van der Waals surface area contributed by atoms with Crippen LogP contribution in [0.3, 0.4) is 0 Å². The number of thiophene rings is 1. The Hall–Kier alpha value is -0.870. The Morgan fingerprint density at radius 3 is 3.00 bits per heavy atom. The average molecular weight is 239 g/mol. The number of esters is 1. The monoisotopic (exact) mass is 239 g/mol. The molecule has 0 aromatic carbocycles. The standard InChI is InChI=1S/C12H17NO2S/c1-15-12(14)4-6-13(11-2-3-11)8-10-5-7-16-9-10/h5,7,9,11H,2-4,6,8H2,1H3. The molecule has 1 saturated carbocycles. The van der Waals surface area contributed by atoms with Crippen LogP contribution < -0.4 is 0 Å². The van der Waals surface area contributed by atoms with E-state index in [9.17, 15) is 4.79 Å². The van der Waals surface area contributed by atoms with Crippen LogP contribution >= 0.6 is 11.3 Å². The zero-order valence-electron chi connectivity index (χ0n) is 9.52. The number of hydrogen-bond acceptors (Lipinski definition) is 4. The Balaban J connectivity index is 1.83. The van der Waals surface area contributed by atoms with E-state index in [2.05, 4.69) is 26.5 Å². The Bertz CT molecular complexity index is 333. The van der Waals surface area contributed by atoms with Crippen molar-refractivity contribution in [3.05, 3.63) is 22.4 Å². The van der Waals surface area contributed by atoms with E-state index in [0.717, 1.165) is 13.1 Å². The fraction of sp³-hybridized carbons (Fsp3) is 0.583. The highest BCUT2D eigenvalue weighted by molar-refractivity contribution is 7.07. The minimum absolute atomic E-state index is 0.115. The van der Waals surface area contributed by atoms with Crippen LogP contribution in [0.1, 0.15) is 24.8 Å². The lowest BCUT2D eigenvalue weighted by molar-refractivity contribution is -0.141. The van der Waals surface area contributed by atoms with Gasteiger partial charge >= 0.3 is 5.97 Å². The van der Waals surface area contributed by atoms with Gasteiger partial charge in [-0.1, -0.05) is 0 Å². The Morgan fingerprint density at radius 1 is 1.62 bits per heavy atom. The number of hydrogen-bond donors (Lipinski definition) is 0. The van der Waals surface area contributed by atoms with Gasteiger partial charge in [-0.3, -0.25) is 9.69 Å². The van der Waals surface area contributed by atoms with E-state index in [-0.39, 0.29) is 5.97 Å². The summed E-state index contributed by atoms with van der Waals surface area (Å²) in [5.74, 6) is -0.115. The van der Waals surface area contributed by atoms with E-state index in [0.29, 0.717) is 12.5 Å². The molecule has 2 rings (SSSR count). The van der Waals surface area contributed by atoms with Gasteiger partial charge in [0.25, 0.3) is 0 Å². The van der Waals surface area contributed by atoms with Crippen molar-refractivity contribution in [2.75, 3.05) is 13.7 Å². The van der Waals surface area contributed by atoms with Crippen LogP contribution in [0, 0.1) is 0 Å². The summed E-state index contributed by atoms with van der Waals surface area (Å²) >= 11 is 1.72. The van der Waals surface area contributed by atoms with E-state index in [1.807, 2.05) is 0 Å². The van der Waals surface area contributed by atoms with Crippen LogP contribution in [-0.4, -0.2) is 30.6 Å². The van der Waals surface area contributed by atoms with E-state index >= 15 is 0 Å². The molecule has 0 atom stereocenters. The largest absolute Gasteiger partial charge is 0.469 e. The van der Waals surface area contributed by atoms with Gasteiger partial charge in [-0.05, 0) is 35.2 Å². The molecule has 0 saturated heterocycles. The lowest BCUT2D eigenvalue weighted by Crippen LogP contribution is -2.28. The van der Waals surface area contributed by atoms with Gasteiger partial charge in [-0.15, -0.1) is 0 Å². The van der Waals surface area contributed by atoms with Gasteiger partial charge in [0.2, 0.25) is 0 Å². The summed E-state index contributed by atoms with van der Waals surface area (Å²) in [5.41, 5.74) is 1.35. The highest BCUT2D eigenvalue weighted by Crippen LogP contribution is 2.28. The minimum atomic E-state index is -0.115. The molecule has 0 amide bonds. The molecule has 1 aromatic rings. The van der Waals surface area contributed by atoms with Crippen LogP contribution in [0.4, 0.5) is 0 Å². The minimum Gasteiger partial charge on any atom is -0.469 e. The van der Waals surface area contributed by atoms with E-state index in [4.69, 9.17) is 0 Å². The van der Waals surface area contributed by atoms with Crippen molar-refractivity contribution >= 4 is 17.3 Å². The summed E-state index contributed by atoms with van der Waals surface area (Å²) < 4.78 is 4.67. The van der Waals surface area contributed by atoms with Crippen molar-refractivity contribution in [1.29, 1.82) is 0 Å². The summed E-state index contributed by atoms with van der Waals surface area (Å²) in [6.45, 7) is 1.78. The molecule has 0 unspecified atom stereocenters. The highest BCUT2D eigenvalue weighted by atomic mass is 32.1. The first-order valence-electron chi connectivity index (χ1n) is 5.61. The van der Waals surface area contributed by atoms with Gasteiger partial charge in [-0.2, -0.15) is 11.3 Å². The molecule has 1 aromatic heterocycles. The van der Waals surface area contributed by atoms with Gasteiger partial charge in [0, 0.05) is 19.1 Å². The Kier molecular flexibility index (Phi) is 3.96. The first kappa shape index (κ1) is 11.6. The van der Waals surface area contributed by atoms with Crippen molar-refractivity contribution in [1.82, 2.24) is 4.90 Å². The van der Waals surface area contributed by atoms with Crippen molar-refractivity contribution < 1.29 is 9.53 Å². The molecule has 1 aliphatic carbocycles. The summed E-state index contributed by atoms with van der Waals surface area (Å²) in [7, 11) is 1.45. The molecule has 0 radical (unpaired) electrons. The predicted octanol–water partition coefficient (Wildman–Crippen LogP) is 2.28. The van der Waals surface area contributed by atoms with Crippen LogP contribution in [0.5, 0.6) is 0 Å². The molecule has 0 spiro atoms. The number of nitrogens with zero attached hydrogens (tertiary/aromatic N) is 1. The molecule has 0 aliphatic heterocycles. The number of rotatable bonds is 6. The number of methoxy groups -OCH3 is 1. The second-order valence-corrected chi connectivity index (χ2v) is 4.94. The third kappa shape index (κ3) is 3.32. The van der Waals surface area contributed by atoms with Crippen LogP contribution in [0.15, 0.2) is 16.8 Å². The first-order valence-corrected chi connectivity index (χ1v) is 6.56. The number of carbonyl (C=O) groups is 1. The summed E-state index contributed by atoms with van der Waals surface area (Å²) in [6.07, 6.45) is 3.04. The number of carbonyl (C=O) groups excluding carboxylic acids is 1. The van der Waals surface area contributed by atoms with Gasteiger partial charge in [0.05, 0.1) is 13.5 Å². The fourth-order valence-corrected chi connectivity index (χ4v) is 2.44. The Morgan fingerprint density at radius 2 is 2.44 bits per heavy atom. The highest BCUT2D eigenvalue weighted by Gasteiger charge is 2.29. The van der Waals surface area contributed by atoms with E-state index in [1.165, 1.54) is 25.5 Å². The zero-order chi connectivity index (χ0) is 11.4. The molecule has 1 aliphatic rings. The second-order valence-electron chi connectivity index (χ2n) is 4.16. The summed E-state index contributed by atoms with van der Waals surface area (Å²) in [6, 6.07) is 2.84. The smallest absolute Gasteiger partial charge is 0.306 e.